The van der Waals surface area contributed by atoms with Crippen LogP contribution in [0.1, 0.15) is 12.5 Å². The van der Waals surface area contributed by atoms with E-state index in [-0.39, 0.29) is 28.0 Å². The molecule has 0 saturated carbocycles. The van der Waals surface area contributed by atoms with Crippen molar-refractivity contribution in [2.24, 2.45) is 0 Å². The second kappa shape index (κ2) is 11.3. The second-order valence-electron chi connectivity index (χ2n) is 9.65. The molecule has 21 nitrogen and oxygen atoms in total. The van der Waals surface area contributed by atoms with Crippen LogP contribution < -0.4 is 11.3 Å². The fourth-order valence-corrected chi connectivity index (χ4v) is 7.01. The highest BCUT2D eigenvalue weighted by Gasteiger charge is 2.56. The molecule has 2 unspecified atom stereocenters. The van der Waals surface area contributed by atoms with E-state index in [4.69, 9.17) is 24.6 Å². The van der Waals surface area contributed by atoms with Crippen LogP contribution in [0.5, 0.6) is 0 Å². The Bertz CT molecular complexity index is 1780. The molecule has 0 bridgehead atoms. The van der Waals surface area contributed by atoms with Crippen LogP contribution in [0.3, 0.4) is 0 Å². The summed E-state index contributed by atoms with van der Waals surface area (Å²) < 4.78 is 48.7. The number of fused-ring (bicyclic) bond motifs is 2. The molecule has 0 spiro atoms. The number of imidazole rings is 2. The third kappa shape index (κ3) is 5.23. The molecule has 0 aliphatic carbocycles. The third-order valence-electron chi connectivity index (χ3n) is 7.16. The van der Waals surface area contributed by atoms with E-state index in [1.165, 1.54) is 28.0 Å². The van der Waals surface area contributed by atoms with E-state index in [1.54, 1.807) is 0 Å². The van der Waals surface area contributed by atoms with Gasteiger partial charge in [0.15, 0.2) is 29.4 Å². The summed E-state index contributed by atoms with van der Waals surface area (Å²) in [6, 6.07) is 0. The Kier molecular flexibility index (Phi) is 7.82. The van der Waals surface area contributed by atoms with Crippen molar-refractivity contribution in [1.29, 1.82) is 0 Å². The summed E-state index contributed by atoms with van der Waals surface area (Å²) in [5.74, 6) is 0.0744. The molecule has 43 heavy (non-hydrogen) atoms. The average Bonchev–Trinajstić information content (AvgIpc) is 3.72. The van der Waals surface area contributed by atoms with Gasteiger partial charge in [-0.05, 0) is 0 Å². The number of nitrogens with zero attached hydrogens (tertiary/aromatic N) is 7. The average molecular weight is 644 g/mol. The molecule has 6 heterocycles. The summed E-state index contributed by atoms with van der Waals surface area (Å²) >= 11 is 0. The molecule has 4 aromatic heterocycles. The molecule has 230 valence electrons. The van der Waals surface area contributed by atoms with Crippen LogP contribution >= 0.6 is 15.9 Å². The zero-order valence-electron chi connectivity index (χ0n) is 21.5. The second-order valence-corrected chi connectivity index (χ2v) is 12.4. The number of rotatable bonds is 9. The number of aromatic nitrogens is 8. The SMILES string of the molecule is Nc1ncnc2c1ncn2[C@@H]1O[C@H](COP(=O)(O)[C@@H]2[C@H](O)[C@@H](CO[P+](=O)O)O[C@H]2n2cnc3c(=O)[nH]ncc32)[C@@H](O)[C@H]1O. The number of aliphatic hydroxyl groups is 3. The first-order valence-electron chi connectivity index (χ1n) is 12.4. The van der Waals surface area contributed by atoms with Gasteiger partial charge in [0.05, 0.1) is 31.0 Å². The minimum Gasteiger partial charge on any atom is -0.389 e. The summed E-state index contributed by atoms with van der Waals surface area (Å²) in [5.41, 5.74) is 3.81. The quantitative estimate of drug-likeness (QED) is 0.0938. The van der Waals surface area contributed by atoms with Crippen LogP contribution in [0.2, 0.25) is 0 Å². The van der Waals surface area contributed by atoms with Gasteiger partial charge in [-0.25, -0.2) is 25.0 Å². The molecular formula is C20H24N9O12P2+. The highest BCUT2D eigenvalue weighted by molar-refractivity contribution is 7.53. The van der Waals surface area contributed by atoms with Gasteiger partial charge in [0.25, 0.3) is 5.56 Å². The molecule has 2 saturated heterocycles. The van der Waals surface area contributed by atoms with Gasteiger partial charge in [0, 0.05) is 4.57 Å². The molecule has 6 rings (SSSR count). The zero-order chi connectivity index (χ0) is 30.6. The standard InChI is InChI=1S/C20H23N9O12P2/c21-16-11-17(23-4-22-16)29(6-25-11)19-14(32)12(30)9(40-19)3-39-43(36,37)15-13(31)8(2-38-42(34)35)41-20(15)28-5-24-10-7(28)1-26-27-18(10)33/h1,4-6,8-9,12-15,19-20,30-32H,2-3H2,(H4-,21,22,23,27,33,34,35,36,37)/p+1/t8-,9-,12-,13-,14-,15-,19-,20-/m1/s1. The van der Waals surface area contributed by atoms with E-state index in [1.807, 2.05) is 0 Å². The van der Waals surface area contributed by atoms with Crippen molar-refractivity contribution in [3.05, 3.63) is 35.5 Å². The summed E-state index contributed by atoms with van der Waals surface area (Å²) in [6.45, 7) is -1.38. The first kappa shape index (κ1) is 29.7. The number of anilines is 1. The molecule has 2 aliphatic heterocycles. The largest absolute Gasteiger partial charge is 0.694 e. The lowest BCUT2D eigenvalue weighted by molar-refractivity contribution is -0.0494. The maximum absolute atomic E-state index is 13.7. The molecule has 4 aromatic rings. The molecule has 8 N–H and O–H groups in total. The molecule has 0 aromatic carbocycles. The van der Waals surface area contributed by atoms with Gasteiger partial charge in [0.1, 0.15) is 54.6 Å². The van der Waals surface area contributed by atoms with Crippen LogP contribution in [0.15, 0.2) is 30.0 Å². The van der Waals surface area contributed by atoms with E-state index >= 15 is 0 Å². The predicted octanol–water partition coefficient (Wildman–Crippen LogP) is -2.34. The number of nitrogens with one attached hydrogen (secondary N) is 1. The number of hydrogen-bond donors (Lipinski definition) is 7. The molecular weight excluding hydrogens is 620 g/mol. The van der Waals surface area contributed by atoms with Crippen LogP contribution in [0.25, 0.3) is 22.2 Å². The van der Waals surface area contributed by atoms with Gasteiger partial charge in [-0.15, -0.1) is 9.42 Å². The number of nitrogen functional groups attached to an aromatic ring is 1. The summed E-state index contributed by atoms with van der Waals surface area (Å²) in [6.07, 6.45) is -5.63. The van der Waals surface area contributed by atoms with Crippen molar-refractivity contribution in [3.63, 3.8) is 0 Å². The van der Waals surface area contributed by atoms with Crippen molar-refractivity contribution in [2.45, 2.75) is 48.6 Å². The lowest BCUT2D eigenvalue weighted by Gasteiger charge is -2.27. The van der Waals surface area contributed by atoms with Crippen LogP contribution in [-0.4, -0.2) is 114 Å². The number of hydrogen-bond acceptors (Lipinski definition) is 16. The normalized spacial score (nSPS) is 31.1. The van der Waals surface area contributed by atoms with Gasteiger partial charge in [-0.1, -0.05) is 0 Å². The first-order valence-corrected chi connectivity index (χ1v) is 15.2. The van der Waals surface area contributed by atoms with Crippen LogP contribution in [0.4, 0.5) is 5.82 Å². The van der Waals surface area contributed by atoms with Crippen molar-refractivity contribution in [3.8, 4) is 0 Å². The van der Waals surface area contributed by atoms with Gasteiger partial charge in [-0.2, -0.15) is 5.10 Å². The molecule has 2 fully saturated rings. The van der Waals surface area contributed by atoms with Crippen molar-refractivity contribution >= 4 is 43.9 Å². The number of aromatic amines is 1. The van der Waals surface area contributed by atoms with Gasteiger partial charge >= 0.3 is 15.9 Å². The van der Waals surface area contributed by atoms with E-state index in [9.17, 15) is 34.1 Å². The van der Waals surface area contributed by atoms with Crippen molar-refractivity contribution in [1.82, 2.24) is 39.3 Å². The number of nitrogens with two attached hydrogens (primary N) is 1. The maximum Gasteiger partial charge on any atom is 0.694 e. The Labute approximate surface area is 239 Å². The fourth-order valence-electron chi connectivity index (χ4n) is 5.09. The minimum atomic E-state index is -4.94. The minimum absolute atomic E-state index is 0.0744. The Morgan fingerprint density at radius 2 is 1.70 bits per heavy atom. The van der Waals surface area contributed by atoms with E-state index in [2.05, 4.69) is 34.7 Å². The van der Waals surface area contributed by atoms with Gasteiger partial charge < -0.3 is 44.5 Å². The Hall–Kier alpha value is -3.33. The highest BCUT2D eigenvalue weighted by Crippen LogP contribution is 2.57. The molecule has 0 amide bonds. The number of ether oxygens (including phenoxy) is 2. The molecule has 10 atom stereocenters. The maximum atomic E-state index is 13.7. The third-order valence-corrected chi connectivity index (χ3v) is 9.36. The van der Waals surface area contributed by atoms with Crippen molar-refractivity contribution in [2.75, 3.05) is 18.9 Å². The number of H-pyrrole nitrogens is 1. The highest BCUT2D eigenvalue weighted by atomic mass is 31.2. The van der Waals surface area contributed by atoms with E-state index in [0.717, 1.165) is 6.33 Å². The molecule has 0 radical (unpaired) electrons. The first-order chi connectivity index (χ1) is 20.5. The van der Waals surface area contributed by atoms with E-state index in [0.29, 0.717) is 0 Å². The fraction of sp³-hybridized carbons (Fsp3) is 0.500. The van der Waals surface area contributed by atoms with Crippen molar-refractivity contribution < 1.29 is 52.8 Å². The Morgan fingerprint density at radius 3 is 2.47 bits per heavy atom. The van der Waals surface area contributed by atoms with Crippen LogP contribution in [0, 0.1) is 0 Å². The summed E-state index contributed by atoms with van der Waals surface area (Å²) in [4.78, 5) is 48.2. The smallest absolute Gasteiger partial charge is 0.389 e. The van der Waals surface area contributed by atoms with Crippen LogP contribution in [-0.2, 0) is 27.7 Å². The van der Waals surface area contributed by atoms with Gasteiger partial charge in [0.2, 0.25) is 0 Å². The van der Waals surface area contributed by atoms with Gasteiger partial charge in [-0.3, -0.25) is 13.9 Å². The molecule has 2 aliphatic rings. The monoisotopic (exact) mass is 644 g/mol. The number of aliphatic hydroxyl groups excluding tert-OH is 3. The van der Waals surface area contributed by atoms with E-state index < -0.39 is 83.3 Å². The Balaban J connectivity index is 1.25. The topological polar surface area (TPSA) is 305 Å². The Morgan fingerprint density at radius 1 is 1.00 bits per heavy atom. The summed E-state index contributed by atoms with van der Waals surface area (Å²) in [5, 5.41) is 38.3. The lowest BCUT2D eigenvalue weighted by atomic mass is 10.1. The summed E-state index contributed by atoms with van der Waals surface area (Å²) in [7, 11) is -8.04. The molecule has 23 heteroatoms. The zero-order valence-corrected chi connectivity index (χ0v) is 23.3. The predicted molar refractivity (Wildman–Crippen MR) is 139 cm³/mol. The lowest BCUT2D eigenvalue weighted by Crippen LogP contribution is -2.36.